The largest absolute Gasteiger partial charge is 0.305 e. The van der Waals surface area contributed by atoms with Crippen molar-refractivity contribution in [3.05, 3.63) is 0 Å². The summed E-state index contributed by atoms with van der Waals surface area (Å²) in [6.07, 6.45) is 11.5. The lowest BCUT2D eigenvalue weighted by atomic mass is 9.91. The second-order valence-corrected chi connectivity index (χ2v) is 5.48. The van der Waals surface area contributed by atoms with E-state index in [2.05, 4.69) is 34.8 Å². The third-order valence-electron chi connectivity index (χ3n) is 3.30. The molecule has 1 rings (SSSR count). The predicted octanol–water partition coefficient (Wildman–Crippen LogP) is 4.11. The van der Waals surface area contributed by atoms with E-state index in [0.717, 1.165) is 16.5 Å². The molecule has 2 atom stereocenters. The molecule has 1 nitrogen and oxygen atoms in total. The van der Waals surface area contributed by atoms with Crippen molar-refractivity contribution in [3.8, 4) is 0 Å². The minimum atomic E-state index is 0.792. The van der Waals surface area contributed by atoms with Gasteiger partial charge in [-0.3, -0.25) is 0 Å². The second-order valence-electron chi connectivity index (χ2n) is 4.72. The molecular weight excluding hydrogens is 285 g/mol. The summed E-state index contributed by atoms with van der Waals surface area (Å²) in [5.41, 5.74) is 0. The van der Waals surface area contributed by atoms with Gasteiger partial charge in [-0.25, -0.2) is 0 Å². The van der Waals surface area contributed by atoms with Crippen LogP contribution in [-0.2, 0) is 0 Å². The molecule has 0 bridgehead atoms. The van der Waals surface area contributed by atoms with Crippen LogP contribution in [0.5, 0.6) is 0 Å². The highest BCUT2D eigenvalue weighted by molar-refractivity contribution is 14.1. The van der Waals surface area contributed by atoms with Gasteiger partial charge in [0.05, 0.1) is 0 Å². The van der Waals surface area contributed by atoms with Gasteiger partial charge in [-0.2, -0.15) is 0 Å². The molecule has 14 heavy (non-hydrogen) atoms. The fourth-order valence-corrected chi connectivity index (χ4v) is 3.05. The van der Waals surface area contributed by atoms with E-state index in [-0.39, 0.29) is 0 Å². The van der Waals surface area contributed by atoms with Gasteiger partial charge < -0.3 is 5.32 Å². The van der Waals surface area contributed by atoms with E-state index in [0.29, 0.717) is 0 Å². The molecule has 1 aliphatic carbocycles. The molecule has 0 aromatic carbocycles. The van der Waals surface area contributed by atoms with Gasteiger partial charge in [0.2, 0.25) is 0 Å². The maximum atomic E-state index is 3.62. The minimum Gasteiger partial charge on any atom is -0.305 e. The fourth-order valence-electron chi connectivity index (χ4n) is 2.43. The summed E-state index contributed by atoms with van der Waals surface area (Å²) in [4.78, 5) is 0. The first-order valence-corrected chi connectivity index (χ1v) is 7.65. The Balaban J connectivity index is 2.31. The van der Waals surface area contributed by atoms with E-state index in [1.54, 1.807) is 0 Å². The summed E-state index contributed by atoms with van der Waals surface area (Å²) in [5, 5.41) is 3.62. The fraction of sp³-hybridized carbons (Fsp3) is 1.00. The highest BCUT2D eigenvalue weighted by Crippen LogP contribution is 2.21. The molecule has 0 saturated heterocycles. The average molecular weight is 309 g/mol. The Bertz CT molecular complexity index is 138. The standard InChI is InChI=1S/C12H24IN/c1-11-7-5-3-2-4-6-8-12(9-11)14-10-13/h11-12,14H,2-10H2,1H3. The van der Waals surface area contributed by atoms with Crippen molar-refractivity contribution in [1.82, 2.24) is 5.32 Å². The van der Waals surface area contributed by atoms with Gasteiger partial charge >= 0.3 is 0 Å². The Labute approximate surface area is 103 Å². The zero-order valence-corrected chi connectivity index (χ0v) is 11.6. The lowest BCUT2D eigenvalue weighted by Crippen LogP contribution is -2.29. The number of halogens is 1. The van der Waals surface area contributed by atoms with Crippen LogP contribution in [0, 0.1) is 5.92 Å². The Hall–Kier alpha value is 0.690. The zero-order valence-electron chi connectivity index (χ0n) is 9.40. The first-order valence-electron chi connectivity index (χ1n) is 6.12. The Morgan fingerprint density at radius 3 is 2.43 bits per heavy atom. The van der Waals surface area contributed by atoms with Gasteiger partial charge in [0.25, 0.3) is 0 Å². The monoisotopic (exact) mass is 309 g/mol. The van der Waals surface area contributed by atoms with Gasteiger partial charge in [-0.05, 0) is 18.8 Å². The second kappa shape index (κ2) is 7.91. The number of hydrogen-bond donors (Lipinski definition) is 1. The topological polar surface area (TPSA) is 12.0 Å². The van der Waals surface area contributed by atoms with Crippen molar-refractivity contribution in [2.75, 3.05) is 4.55 Å². The van der Waals surface area contributed by atoms with Crippen molar-refractivity contribution in [1.29, 1.82) is 0 Å². The van der Waals surface area contributed by atoms with E-state index in [9.17, 15) is 0 Å². The third-order valence-corrected chi connectivity index (χ3v) is 3.74. The van der Waals surface area contributed by atoms with Gasteiger partial charge in [0.1, 0.15) is 0 Å². The van der Waals surface area contributed by atoms with Crippen molar-refractivity contribution < 1.29 is 0 Å². The van der Waals surface area contributed by atoms with Crippen LogP contribution >= 0.6 is 22.6 Å². The Morgan fingerprint density at radius 2 is 1.71 bits per heavy atom. The molecule has 0 radical (unpaired) electrons. The van der Waals surface area contributed by atoms with Crippen molar-refractivity contribution in [2.45, 2.75) is 64.3 Å². The molecule has 2 unspecified atom stereocenters. The predicted molar refractivity (Wildman–Crippen MR) is 71.9 cm³/mol. The molecule has 0 aromatic rings. The Kier molecular flexibility index (Phi) is 7.21. The molecule has 0 amide bonds. The van der Waals surface area contributed by atoms with Crippen molar-refractivity contribution in [2.24, 2.45) is 5.92 Å². The van der Waals surface area contributed by atoms with Crippen LogP contribution in [-0.4, -0.2) is 10.6 Å². The normalized spacial score (nSPS) is 31.3. The molecule has 1 aliphatic rings. The number of rotatable bonds is 2. The maximum Gasteiger partial charge on any atom is 0.0482 e. The van der Waals surface area contributed by atoms with Gasteiger partial charge in [0, 0.05) is 10.6 Å². The summed E-state index contributed by atoms with van der Waals surface area (Å²) in [7, 11) is 0. The van der Waals surface area contributed by atoms with Crippen LogP contribution in [0.4, 0.5) is 0 Å². The van der Waals surface area contributed by atoms with Gasteiger partial charge in [0.15, 0.2) is 0 Å². The van der Waals surface area contributed by atoms with E-state index < -0.39 is 0 Å². The molecule has 1 N–H and O–H groups in total. The van der Waals surface area contributed by atoms with Crippen LogP contribution in [0.15, 0.2) is 0 Å². The van der Waals surface area contributed by atoms with Crippen LogP contribution in [0.3, 0.4) is 0 Å². The first kappa shape index (κ1) is 12.8. The van der Waals surface area contributed by atoms with E-state index in [4.69, 9.17) is 0 Å². The zero-order chi connectivity index (χ0) is 10.2. The van der Waals surface area contributed by atoms with Crippen LogP contribution in [0.1, 0.15) is 58.3 Å². The highest BCUT2D eigenvalue weighted by atomic mass is 127. The van der Waals surface area contributed by atoms with Crippen LogP contribution in [0.25, 0.3) is 0 Å². The molecule has 2 heteroatoms. The quantitative estimate of drug-likeness (QED) is 0.460. The van der Waals surface area contributed by atoms with Crippen molar-refractivity contribution >= 4 is 22.6 Å². The number of nitrogens with one attached hydrogen (secondary N) is 1. The molecule has 0 aromatic heterocycles. The molecule has 84 valence electrons. The number of alkyl halides is 1. The highest BCUT2D eigenvalue weighted by Gasteiger charge is 2.13. The van der Waals surface area contributed by atoms with E-state index in [1.807, 2.05) is 0 Å². The third kappa shape index (κ3) is 5.54. The average Bonchev–Trinajstić information content (AvgIpc) is 2.17. The van der Waals surface area contributed by atoms with Crippen LogP contribution in [0.2, 0.25) is 0 Å². The molecular formula is C12H24IN. The van der Waals surface area contributed by atoms with Gasteiger partial charge in [-0.15, -0.1) is 0 Å². The number of hydrogen-bond acceptors (Lipinski definition) is 1. The summed E-state index contributed by atoms with van der Waals surface area (Å²) >= 11 is 2.43. The van der Waals surface area contributed by atoms with E-state index in [1.165, 1.54) is 51.4 Å². The minimum absolute atomic E-state index is 0.792. The summed E-state index contributed by atoms with van der Waals surface area (Å²) in [6.45, 7) is 2.42. The molecule has 0 heterocycles. The van der Waals surface area contributed by atoms with Gasteiger partial charge in [-0.1, -0.05) is 68.0 Å². The SMILES string of the molecule is CC1CCCCCCCC(NCI)C1. The molecule has 0 spiro atoms. The summed E-state index contributed by atoms with van der Waals surface area (Å²) in [5.74, 6) is 0.925. The lowest BCUT2D eigenvalue weighted by molar-refractivity contribution is 0.351. The van der Waals surface area contributed by atoms with E-state index >= 15 is 0 Å². The molecule has 1 fully saturated rings. The molecule has 0 aliphatic heterocycles. The smallest absolute Gasteiger partial charge is 0.0482 e. The van der Waals surface area contributed by atoms with Crippen molar-refractivity contribution in [3.63, 3.8) is 0 Å². The maximum absolute atomic E-state index is 3.62. The van der Waals surface area contributed by atoms with Crippen LogP contribution < -0.4 is 5.32 Å². The summed E-state index contributed by atoms with van der Waals surface area (Å²) < 4.78 is 1.11. The first-order chi connectivity index (χ1) is 6.83. The Morgan fingerprint density at radius 1 is 1.07 bits per heavy atom. The summed E-state index contributed by atoms with van der Waals surface area (Å²) in [6, 6.07) is 0.792. The lowest BCUT2D eigenvalue weighted by Gasteiger charge is -2.22. The molecule has 1 saturated carbocycles.